The SMILES string of the molecule is CC=CN(C=CC)CCN(C=CC)C=CC. The predicted molar refractivity (Wildman–Crippen MR) is 72.7 cm³/mol. The summed E-state index contributed by atoms with van der Waals surface area (Å²) in [7, 11) is 0. The Bertz CT molecular complexity index is 210. The Labute approximate surface area is 100 Å². The highest BCUT2D eigenvalue weighted by Crippen LogP contribution is 1.97. The van der Waals surface area contributed by atoms with Crippen molar-refractivity contribution in [2.75, 3.05) is 13.1 Å². The Hall–Kier alpha value is -1.44. The molecule has 0 radical (unpaired) electrons. The molecule has 0 saturated heterocycles. The summed E-state index contributed by atoms with van der Waals surface area (Å²) in [5, 5.41) is 0. The molecule has 0 saturated carbocycles. The highest BCUT2D eigenvalue weighted by atomic mass is 15.2. The van der Waals surface area contributed by atoms with Crippen molar-refractivity contribution >= 4 is 0 Å². The van der Waals surface area contributed by atoms with Crippen LogP contribution in [0.4, 0.5) is 0 Å². The monoisotopic (exact) mass is 220 g/mol. The van der Waals surface area contributed by atoms with Crippen molar-refractivity contribution in [3.63, 3.8) is 0 Å². The molecule has 0 atom stereocenters. The van der Waals surface area contributed by atoms with E-state index in [0.29, 0.717) is 0 Å². The fraction of sp³-hybridized carbons (Fsp3) is 0.429. The molecule has 0 unspecified atom stereocenters. The summed E-state index contributed by atoms with van der Waals surface area (Å²) in [6, 6.07) is 0. The molecule has 0 aromatic heterocycles. The second-order valence-electron chi connectivity index (χ2n) is 3.41. The number of allylic oxidation sites excluding steroid dienone is 4. The van der Waals surface area contributed by atoms with Crippen LogP contribution in [0.2, 0.25) is 0 Å². The van der Waals surface area contributed by atoms with E-state index in [1.54, 1.807) is 0 Å². The Kier molecular flexibility index (Phi) is 9.18. The lowest BCUT2D eigenvalue weighted by Gasteiger charge is -2.20. The summed E-state index contributed by atoms with van der Waals surface area (Å²) < 4.78 is 0. The molecule has 16 heavy (non-hydrogen) atoms. The normalized spacial score (nSPS) is 12.5. The Morgan fingerprint density at radius 3 is 1.00 bits per heavy atom. The van der Waals surface area contributed by atoms with Gasteiger partial charge in [-0.3, -0.25) is 0 Å². The zero-order chi connectivity index (χ0) is 12.2. The maximum Gasteiger partial charge on any atom is 0.0399 e. The number of hydrogen-bond acceptors (Lipinski definition) is 2. The Morgan fingerprint density at radius 2 is 0.812 bits per heavy atom. The lowest BCUT2D eigenvalue weighted by molar-refractivity contribution is 0.410. The summed E-state index contributed by atoms with van der Waals surface area (Å²) in [6.07, 6.45) is 16.6. The molecular weight excluding hydrogens is 196 g/mol. The number of nitrogens with zero attached hydrogens (tertiary/aromatic N) is 2. The van der Waals surface area contributed by atoms with Gasteiger partial charge in [-0.2, -0.15) is 0 Å². The van der Waals surface area contributed by atoms with E-state index in [1.165, 1.54) is 0 Å². The largest absolute Gasteiger partial charge is 0.353 e. The Morgan fingerprint density at radius 1 is 0.562 bits per heavy atom. The van der Waals surface area contributed by atoms with Crippen molar-refractivity contribution < 1.29 is 0 Å². The van der Waals surface area contributed by atoms with Crippen LogP contribution in [-0.2, 0) is 0 Å². The van der Waals surface area contributed by atoms with Crippen LogP contribution in [-0.4, -0.2) is 22.9 Å². The molecule has 0 aliphatic rings. The van der Waals surface area contributed by atoms with Gasteiger partial charge < -0.3 is 9.80 Å². The summed E-state index contributed by atoms with van der Waals surface area (Å²) in [4.78, 5) is 4.36. The van der Waals surface area contributed by atoms with Gasteiger partial charge in [-0.05, 0) is 52.5 Å². The van der Waals surface area contributed by atoms with E-state index in [9.17, 15) is 0 Å². The maximum atomic E-state index is 2.18. The third-order valence-corrected chi connectivity index (χ3v) is 1.98. The molecule has 90 valence electrons. The zero-order valence-corrected chi connectivity index (χ0v) is 10.9. The van der Waals surface area contributed by atoms with Gasteiger partial charge in [-0.15, -0.1) is 0 Å². The Balaban J connectivity index is 4.24. The number of hydrogen-bond donors (Lipinski definition) is 0. The lowest BCUT2D eigenvalue weighted by Crippen LogP contribution is -2.23. The first-order chi connectivity index (χ1) is 7.78. The van der Waals surface area contributed by atoms with Crippen LogP contribution in [0.3, 0.4) is 0 Å². The molecule has 2 nitrogen and oxygen atoms in total. The molecule has 0 aliphatic heterocycles. The summed E-state index contributed by atoms with van der Waals surface area (Å²) >= 11 is 0. The molecule has 0 N–H and O–H groups in total. The molecule has 0 fully saturated rings. The van der Waals surface area contributed by atoms with Gasteiger partial charge in [0.1, 0.15) is 0 Å². The molecule has 0 bridgehead atoms. The highest BCUT2D eigenvalue weighted by molar-refractivity contribution is 4.93. The molecule has 0 aromatic rings. The van der Waals surface area contributed by atoms with Crippen LogP contribution in [0, 0.1) is 0 Å². The molecule has 2 heteroatoms. The third-order valence-electron chi connectivity index (χ3n) is 1.98. The fourth-order valence-electron chi connectivity index (χ4n) is 1.39. The molecule has 0 amide bonds. The average Bonchev–Trinajstić information content (AvgIpc) is 2.27. The van der Waals surface area contributed by atoms with Crippen LogP contribution in [0.15, 0.2) is 49.1 Å². The zero-order valence-electron chi connectivity index (χ0n) is 10.9. The first-order valence-corrected chi connectivity index (χ1v) is 5.81. The van der Waals surface area contributed by atoms with Crippen molar-refractivity contribution in [3.05, 3.63) is 49.1 Å². The quantitative estimate of drug-likeness (QED) is 0.645. The van der Waals surface area contributed by atoms with Crippen molar-refractivity contribution in [2.45, 2.75) is 27.7 Å². The first kappa shape index (κ1) is 14.6. The third kappa shape index (κ3) is 6.93. The summed E-state index contributed by atoms with van der Waals surface area (Å²) in [5.41, 5.74) is 0. The number of rotatable bonds is 7. The summed E-state index contributed by atoms with van der Waals surface area (Å²) in [5.74, 6) is 0. The van der Waals surface area contributed by atoms with Gasteiger partial charge in [0.2, 0.25) is 0 Å². The van der Waals surface area contributed by atoms with E-state index in [2.05, 4.69) is 58.9 Å². The van der Waals surface area contributed by atoms with Crippen LogP contribution < -0.4 is 0 Å². The standard InChI is InChI=1S/C14H24N2/c1-5-9-15(10-6-2)13-14-16(11-7-3)12-8-4/h5-12H,13-14H2,1-4H3. The van der Waals surface area contributed by atoms with Gasteiger partial charge in [0.15, 0.2) is 0 Å². The van der Waals surface area contributed by atoms with Gasteiger partial charge in [0, 0.05) is 13.1 Å². The average molecular weight is 220 g/mol. The van der Waals surface area contributed by atoms with E-state index >= 15 is 0 Å². The smallest absolute Gasteiger partial charge is 0.0399 e. The van der Waals surface area contributed by atoms with Gasteiger partial charge in [0.25, 0.3) is 0 Å². The molecule has 0 aliphatic carbocycles. The molecule has 0 spiro atoms. The van der Waals surface area contributed by atoms with Crippen molar-refractivity contribution in [2.24, 2.45) is 0 Å². The van der Waals surface area contributed by atoms with Crippen molar-refractivity contribution in [3.8, 4) is 0 Å². The highest BCUT2D eigenvalue weighted by Gasteiger charge is 1.97. The van der Waals surface area contributed by atoms with Crippen molar-refractivity contribution in [1.29, 1.82) is 0 Å². The van der Waals surface area contributed by atoms with Crippen LogP contribution in [0.25, 0.3) is 0 Å². The maximum absolute atomic E-state index is 2.18. The molecular formula is C14H24N2. The minimum atomic E-state index is 0.976. The topological polar surface area (TPSA) is 6.48 Å². The predicted octanol–water partition coefficient (Wildman–Crippen LogP) is 3.72. The molecule has 0 rings (SSSR count). The summed E-state index contributed by atoms with van der Waals surface area (Å²) in [6.45, 7) is 10.1. The minimum absolute atomic E-state index is 0.976. The first-order valence-electron chi connectivity index (χ1n) is 5.81. The van der Waals surface area contributed by atoms with E-state index in [1.807, 2.05) is 27.7 Å². The van der Waals surface area contributed by atoms with E-state index < -0.39 is 0 Å². The molecule has 0 aromatic carbocycles. The lowest BCUT2D eigenvalue weighted by atomic mass is 10.4. The van der Waals surface area contributed by atoms with Gasteiger partial charge >= 0.3 is 0 Å². The van der Waals surface area contributed by atoms with E-state index in [-0.39, 0.29) is 0 Å². The van der Waals surface area contributed by atoms with Crippen LogP contribution in [0.5, 0.6) is 0 Å². The van der Waals surface area contributed by atoms with E-state index in [4.69, 9.17) is 0 Å². The van der Waals surface area contributed by atoms with Gasteiger partial charge in [-0.1, -0.05) is 24.3 Å². The fourth-order valence-corrected chi connectivity index (χ4v) is 1.39. The van der Waals surface area contributed by atoms with Gasteiger partial charge in [0.05, 0.1) is 0 Å². The minimum Gasteiger partial charge on any atom is -0.353 e. The second kappa shape index (κ2) is 10.1. The van der Waals surface area contributed by atoms with Crippen molar-refractivity contribution in [1.82, 2.24) is 9.80 Å². The van der Waals surface area contributed by atoms with Crippen LogP contribution >= 0.6 is 0 Å². The van der Waals surface area contributed by atoms with Gasteiger partial charge in [-0.25, -0.2) is 0 Å². The molecule has 0 heterocycles. The van der Waals surface area contributed by atoms with Crippen LogP contribution in [0.1, 0.15) is 27.7 Å². The second-order valence-corrected chi connectivity index (χ2v) is 3.41. The van der Waals surface area contributed by atoms with E-state index in [0.717, 1.165) is 13.1 Å².